The highest BCUT2D eigenvalue weighted by Gasteiger charge is 2.17. The van der Waals surface area contributed by atoms with Crippen LogP contribution in [0.4, 0.5) is 0 Å². The number of esters is 1. The summed E-state index contributed by atoms with van der Waals surface area (Å²) in [6.45, 7) is 4.10. The van der Waals surface area contributed by atoms with Crippen molar-refractivity contribution in [1.29, 1.82) is 0 Å². The van der Waals surface area contributed by atoms with Gasteiger partial charge >= 0.3 is 5.97 Å². The van der Waals surface area contributed by atoms with Crippen molar-refractivity contribution in [1.82, 2.24) is 9.78 Å². The van der Waals surface area contributed by atoms with E-state index in [0.717, 1.165) is 29.8 Å². The summed E-state index contributed by atoms with van der Waals surface area (Å²) in [5, 5.41) is 4.54. The molecule has 2 heterocycles. The third kappa shape index (κ3) is 3.34. The SMILES string of the molecule is CCCc1cc(OC(=O)c2ccco2)n(-c2ccc(C)cc2)n1. The molecule has 5 nitrogen and oxygen atoms in total. The van der Waals surface area contributed by atoms with Crippen LogP contribution < -0.4 is 4.74 Å². The Labute approximate surface area is 134 Å². The lowest BCUT2D eigenvalue weighted by atomic mass is 10.2. The van der Waals surface area contributed by atoms with Crippen molar-refractivity contribution >= 4 is 5.97 Å². The van der Waals surface area contributed by atoms with E-state index in [9.17, 15) is 4.79 Å². The van der Waals surface area contributed by atoms with Crippen LogP contribution in [0.25, 0.3) is 5.69 Å². The first-order valence-electron chi connectivity index (χ1n) is 7.59. The Morgan fingerprint density at radius 2 is 2.04 bits per heavy atom. The van der Waals surface area contributed by atoms with E-state index in [1.165, 1.54) is 6.26 Å². The molecule has 5 heteroatoms. The fourth-order valence-electron chi connectivity index (χ4n) is 2.27. The number of aryl methyl sites for hydroxylation is 2. The van der Waals surface area contributed by atoms with E-state index in [0.29, 0.717) is 5.88 Å². The molecule has 0 saturated carbocycles. The van der Waals surface area contributed by atoms with Crippen molar-refractivity contribution in [3.63, 3.8) is 0 Å². The number of hydrogen-bond donors (Lipinski definition) is 0. The maximum Gasteiger partial charge on any atom is 0.380 e. The fraction of sp³-hybridized carbons (Fsp3) is 0.222. The topological polar surface area (TPSA) is 57.3 Å². The van der Waals surface area contributed by atoms with Crippen molar-refractivity contribution in [3.05, 3.63) is 65.7 Å². The molecule has 1 aromatic carbocycles. The molecule has 0 aliphatic heterocycles. The predicted octanol–water partition coefficient (Wildman–Crippen LogP) is 3.95. The zero-order valence-electron chi connectivity index (χ0n) is 13.2. The zero-order chi connectivity index (χ0) is 16.2. The molecule has 0 bridgehead atoms. The smallest absolute Gasteiger partial charge is 0.380 e. The van der Waals surface area contributed by atoms with Crippen LogP contribution in [0.1, 0.15) is 35.2 Å². The zero-order valence-corrected chi connectivity index (χ0v) is 13.2. The summed E-state index contributed by atoms with van der Waals surface area (Å²) in [6, 6.07) is 12.9. The number of carbonyl (C=O) groups excluding carboxylic acids is 1. The standard InChI is InChI=1S/C18H18N2O3/c1-3-5-14-12-17(23-18(21)16-6-4-11-22-16)20(19-14)15-9-7-13(2)8-10-15/h4,6-12H,3,5H2,1-2H3. The molecule has 3 rings (SSSR count). The van der Waals surface area contributed by atoms with Crippen molar-refractivity contribution in [2.75, 3.05) is 0 Å². The average molecular weight is 310 g/mol. The second-order valence-electron chi connectivity index (χ2n) is 5.34. The number of nitrogens with zero attached hydrogens (tertiary/aromatic N) is 2. The lowest BCUT2D eigenvalue weighted by Gasteiger charge is -2.07. The van der Waals surface area contributed by atoms with Gasteiger partial charge in [-0.3, -0.25) is 0 Å². The van der Waals surface area contributed by atoms with Crippen LogP contribution in [-0.4, -0.2) is 15.7 Å². The molecule has 118 valence electrons. The van der Waals surface area contributed by atoms with E-state index >= 15 is 0 Å². The lowest BCUT2D eigenvalue weighted by molar-refractivity contribution is 0.0689. The molecule has 0 saturated heterocycles. The minimum absolute atomic E-state index is 0.165. The summed E-state index contributed by atoms with van der Waals surface area (Å²) in [5.74, 6) is 0.0173. The summed E-state index contributed by atoms with van der Waals surface area (Å²) < 4.78 is 12.2. The van der Waals surface area contributed by atoms with Crippen molar-refractivity contribution in [2.45, 2.75) is 26.7 Å². The molecular weight excluding hydrogens is 292 g/mol. The van der Waals surface area contributed by atoms with Gasteiger partial charge in [-0.25, -0.2) is 9.48 Å². The molecule has 0 amide bonds. The van der Waals surface area contributed by atoms with Crippen LogP contribution >= 0.6 is 0 Å². The number of aromatic nitrogens is 2. The number of hydrogen-bond acceptors (Lipinski definition) is 4. The van der Waals surface area contributed by atoms with Crippen molar-refractivity contribution in [3.8, 4) is 11.6 Å². The predicted molar refractivity (Wildman–Crippen MR) is 86.0 cm³/mol. The van der Waals surface area contributed by atoms with Gasteiger partial charge in [-0.05, 0) is 37.6 Å². The number of rotatable bonds is 5. The van der Waals surface area contributed by atoms with E-state index in [-0.39, 0.29) is 5.76 Å². The lowest BCUT2D eigenvalue weighted by Crippen LogP contribution is -2.11. The molecule has 0 fully saturated rings. The minimum atomic E-state index is -0.536. The Hall–Kier alpha value is -2.82. The van der Waals surface area contributed by atoms with E-state index in [1.807, 2.05) is 31.2 Å². The van der Waals surface area contributed by atoms with Crippen LogP contribution in [-0.2, 0) is 6.42 Å². The first-order valence-corrected chi connectivity index (χ1v) is 7.59. The largest absolute Gasteiger partial charge is 0.457 e. The highest BCUT2D eigenvalue weighted by Crippen LogP contribution is 2.22. The van der Waals surface area contributed by atoms with Crippen LogP contribution in [0.3, 0.4) is 0 Å². The fourth-order valence-corrected chi connectivity index (χ4v) is 2.27. The summed E-state index contributed by atoms with van der Waals surface area (Å²) in [4.78, 5) is 12.1. The normalized spacial score (nSPS) is 10.7. The molecule has 0 atom stereocenters. The van der Waals surface area contributed by atoms with Crippen molar-refractivity contribution in [2.24, 2.45) is 0 Å². The molecule has 0 aliphatic carbocycles. The van der Waals surface area contributed by atoms with E-state index in [4.69, 9.17) is 9.15 Å². The third-order valence-corrected chi connectivity index (χ3v) is 3.43. The van der Waals surface area contributed by atoms with E-state index < -0.39 is 5.97 Å². The molecule has 23 heavy (non-hydrogen) atoms. The second kappa shape index (κ2) is 6.52. The highest BCUT2D eigenvalue weighted by molar-refractivity contribution is 5.87. The monoisotopic (exact) mass is 310 g/mol. The Morgan fingerprint density at radius 1 is 1.26 bits per heavy atom. The third-order valence-electron chi connectivity index (χ3n) is 3.43. The Morgan fingerprint density at radius 3 is 2.70 bits per heavy atom. The first-order chi connectivity index (χ1) is 11.2. The average Bonchev–Trinajstić information content (AvgIpc) is 3.19. The van der Waals surface area contributed by atoms with E-state index in [2.05, 4.69) is 12.0 Å². The Bertz CT molecular complexity index is 786. The first kappa shape index (κ1) is 15.1. The van der Waals surface area contributed by atoms with Gasteiger partial charge in [-0.1, -0.05) is 31.0 Å². The molecule has 3 aromatic rings. The van der Waals surface area contributed by atoms with Gasteiger partial charge in [0, 0.05) is 6.07 Å². The molecule has 0 spiro atoms. The summed E-state index contributed by atoms with van der Waals surface area (Å²) in [6.07, 6.45) is 3.23. The number of carbonyl (C=O) groups is 1. The number of furan rings is 1. The van der Waals surface area contributed by atoms with Crippen LogP contribution in [0.15, 0.2) is 53.1 Å². The van der Waals surface area contributed by atoms with Crippen LogP contribution in [0.5, 0.6) is 5.88 Å². The molecule has 2 aromatic heterocycles. The molecule has 0 aliphatic rings. The van der Waals surface area contributed by atoms with Gasteiger partial charge in [0.2, 0.25) is 11.6 Å². The molecule has 0 radical (unpaired) electrons. The quantitative estimate of drug-likeness (QED) is 0.670. The number of benzene rings is 1. The molecular formula is C18H18N2O3. The van der Waals surface area contributed by atoms with E-state index in [1.54, 1.807) is 22.9 Å². The van der Waals surface area contributed by atoms with Gasteiger partial charge in [-0.2, -0.15) is 5.10 Å². The van der Waals surface area contributed by atoms with Gasteiger partial charge in [0.1, 0.15) is 0 Å². The van der Waals surface area contributed by atoms with Crippen LogP contribution in [0, 0.1) is 6.92 Å². The Balaban J connectivity index is 1.94. The van der Waals surface area contributed by atoms with Crippen LogP contribution in [0.2, 0.25) is 0 Å². The number of ether oxygens (including phenoxy) is 1. The maximum absolute atomic E-state index is 12.1. The van der Waals surface area contributed by atoms with Gasteiger partial charge in [0.25, 0.3) is 0 Å². The highest BCUT2D eigenvalue weighted by atomic mass is 16.6. The van der Waals surface area contributed by atoms with Gasteiger partial charge < -0.3 is 9.15 Å². The maximum atomic E-state index is 12.1. The summed E-state index contributed by atoms with van der Waals surface area (Å²) in [7, 11) is 0. The minimum Gasteiger partial charge on any atom is -0.457 e. The Kier molecular flexibility index (Phi) is 4.28. The van der Waals surface area contributed by atoms with Gasteiger partial charge in [0.15, 0.2) is 0 Å². The molecule has 0 unspecified atom stereocenters. The van der Waals surface area contributed by atoms with Gasteiger partial charge in [0.05, 0.1) is 17.6 Å². The summed E-state index contributed by atoms with van der Waals surface area (Å²) >= 11 is 0. The second-order valence-corrected chi connectivity index (χ2v) is 5.34. The molecule has 0 N–H and O–H groups in total. The summed E-state index contributed by atoms with van der Waals surface area (Å²) in [5.41, 5.74) is 2.89. The van der Waals surface area contributed by atoms with Crippen molar-refractivity contribution < 1.29 is 13.9 Å². The van der Waals surface area contributed by atoms with Gasteiger partial charge in [-0.15, -0.1) is 0 Å².